The first-order valence-corrected chi connectivity index (χ1v) is 13.1. The van der Waals surface area contributed by atoms with E-state index in [-0.39, 0.29) is 46.9 Å². The first-order chi connectivity index (χ1) is 16.8. The highest BCUT2D eigenvalue weighted by molar-refractivity contribution is 5.79. The van der Waals surface area contributed by atoms with Gasteiger partial charge in [0.2, 0.25) is 11.8 Å². The normalized spacial score (nSPS) is 31.1. The standard InChI is InChI=1S/C30H40N2O3/c1-20(29(35)31-19-23-12-8-5-9-13-23)24-14-16-30(3)17-15-25(21(2)27(30)28(24)34)32-26(33)18-22-10-6-4-7-11-22/h4-13,20-21,24-25,27-28,34H,14-19H2,1-3H3,(H,31,35)(H,32,33)/t20-,21+,24?,25-,27+,28-,30-/m0/s1. The summed E-state index contributed by atoms with van der Waals surface area (Å²) >= 11 is 0. The Morgan fingerprint density at radius 3 is 2.26 bits per heavy atom. The molecule has 188 valence electrons. The molecule has 3 N–H and O–H groups in total. The van der Waals surface area contributed by atoms with Gasteiger partial charge in [-0.25, -0.2) is 0 Å². The molecule has 0 aliphatic heterocycles. The average molecular weight is 477 g/mol. The summed E-state index contributed by atoms with van der Waals surface area (Å²) in [4.78, 5) is 25.8. The quantitative estimate of drug-likeness (QED) is 0.551. The lowest BCUT2D eigenvalue weighted by Crippen LogP contribution is -2.58. The second kappa shape index (κ2) is 10.9. The Bertz CT molecular complexity index is 995. The molecule has 0 spiro atoms. The van der Waals surface area contributed by atoms with E-state index in [4.69, 9.17) is 0 Å². The molecular weight excluding hydrogens is 436 g/mol. The second-order valence-corrected chi connectivity index (χ2v) is 11.1. The van der Waals surface area contributed by atoms with Crippen LogP contribution in [0.15, 0.2) is 60.7 Å². The Morgan fingerprint density at radius 1 is 1.00 bits per heavy atom. The smallest absolute Gasteiger partial charge is 0.224 e. The van der Waals surface area contributed by atoms with Gasteiger partial charge in [-0.05, 0) is 60.0 Å². The molecule has 0 bridgehead atoms. The summed E-state index contributed by atoms with van der Waals surface area (Å²) in [5, 5.41) is 17.9. The highest BCUT2D eigenvalue weighted by Gasteiger charge is 2.53. The molecule has 5 nitrogen and oxygen atoms in total. The minimum absolute atomic E-state index is 0.00215. The van der Waals surface area contributed by atoms with Gasteiger partial charge in [0.05, 0.1) is 12.5 Å². The molecule has 2 saturated carbocycles. The Balaban J connectivity index is 1.39. The first kappa shape index (κ1) is 25.4. The van der Waals surface area contributed by atoms with Gasteiger partial charge in [0.1, 0.15) is 0 Å². The van der Waals surface area contributed by atoms with Crippen LogP contribution in [0.3, 0.4) is 0 Å². The van der Waals surface area contributed by atoms with Crippen molar-refractivity contribution in [2.45, 2.75) is 71.6 Å². The lowest BCUT2D eigenvalue weighted by molar-refractivity contribution is -0.143. The molecule has 5 heteroatoms. The van der Waals surface area contributed by atoms with Crippen molar-refractivity contribution >= 4 is 11.8 Å². The predicted molar refractivity (Wildman–Crippen MR) is 138 cm³/mol. The van der Waals surface area contributed by atoms with Crippen LogP contribution in [-0.2, 0) is 22.6 Å². The van der Waals surface area contributed by atoms with Crippen molar-refractivity contribution < 1.29 is 14.7 Å². The number of carbonyl (C=O) groups excluding carboxylic acids is 2. The van der Waals surface area contributed by atoms with Crippen LogP contribution in [0.4, 0.5) is 0 Å². The Kier molecular flexibility index (Phi) is 7.95. The van der Waals surface area contributed by atoms with E-state index in [1.54, 1.807) is 0 Å². The maximum Gasteiger partial charge on any atom is 0.224 e. The molecule has 2 aliphatic carbocycles. The van der Waals surface area contributed by atoms with E-state index in [2.05, 4.69) is 24.5 Å². The van der Waals surface area contributed by atoms with E-state index in [0.717, 1.165) is 36.8 Å². The lowest BCUT2D eigenvalue weighted by atomic mass is 9.51. The fourth-order valence-corrected chi connectivity index (χ4v) is 6.68. The van der Waals surface area contributed by atoms with Crippen molar-refractivity contribution in [2.75, 3.05) is 0 Å². The van der Waals surface area contributed by atoms with E-state index in [1.807, 2.05) is 67.6 Å². The Labute approximate surface area is 209 Å². The van der Waals surface area contributed by atoms with E-state index < -0.39 is 6.10 Å². The lowest BCUT2D eigenvalue weighted by Gasteiger charge is -2.56. The second-order valence-electron chi connectivity index (χ2n) is 11.1. The molecule has 4 rings (SSSR count). The molecule has 35 heavy (non-hydrogen) atoms. The number of fused-ring (bicyclic) bond motifs is 1. The van der Waals surface area contributed by atoms with Crippen LogP contribution in [0, 0.1) is 29.1 Å². The summed E-state index contributed by atoms with van der Waals surface area (Å²) in [6.07, 6.45) is 3.58. The molecule has 2 fully saturated rings. The largest absolute Gasteiger partial charge is 0.392 e. The summed E-state index contributed by atoms with van der Waals surface area (Å²) in [6.45, 7) is 6.90. The van der Waals surface area contributed by atoms with Crippen LogP contribution in [-0.4, -0.2) is 29.1 Å². The summed E-state index contributed by atoms with van der Waals surface area (Å²) < 4.78 is 0. The van der Waals surface area contributed by atoms with E-state index in [9.17, 15) is 14.7 Å². The molecule has 2 aromatic rings. The fraction of sp³-hybridized carbons (Fsp3) is 0.533. The third kappa shape index (κ3) is 5.78. The number of rotatable bonds is 7. The van der Waals surface area contributed by atoms with Crippen molar-refractivity contribution in [1.82, 2.24) is 10.6 Å². The van der Waals surface area contributed by atoms with Gasteiger partial charge in [-0.15, -0.1) is 0 Å². The molecule has 0 saturated heterocycles. The van der Waals surface area contributed by atoms with Crippen molar-refractivity contribution in [2.24, 2.45) is 29.1 Å². The zero-order valence-electron chi connectivity index (χ0n) is 21.2. The first-order valence-electron chi connectivity index (χ1n) is 13.1. The maximum atomic E-state index is 13.0. The Hall–Kier alpha value is -2.66. The van der Waals surface area contributed by atoms with Crippen molar-refractivity contribution in [3.8, 4) is 0 Å². The number of aliphatic hydroxyl groups is 1. The molecule has 2 amide bonds. The SMILES string of the molecule is C[C@H]1[C@@H]2[C@@H](O)C([C@H](C)C(=O)NCc3ccccc3)CC[C@@]2(C)CC[C@@H]1NC(=O)Cc1ccccc1. The maximum absolute atomic E-state index is 13.0. The zero-order chi connectivity index (χ0) is 25.0. The minimum Gasteiger partial charge on any atom is -0.392 e. The minimum atomic E-state index is -0.560. The zero-order valence-corrected chi connectivity index (χ0v) is 21.2. The summed E-state index contributed by atoms with van der Waals surface area (Å²) in [5.74, 6) is -0.110. The molecule has 0 heterocycles. The summed E-state index contributed by atoms with van der Waals surface area (Å²) in [5.41, 5.74) is 2.11. The van der Waals surface area contributed by atoms with Gasteiger partial charge in [0.15, 0.2) is 0 Å². The third-order valence-electron chi connectivity index (χ3n) is 8.81. The van der Waals surface area contributed by atoms with Gasteiger partial charge in [-0.3, -0.25) is 9.59 Å². The van der Waals surface area contributed by atoms with E-state index >= 15 is 0 Å². The molecule has 1 unspecified atom stereocenters. The van der Waals surface area contributed by atoms with Gasteiger partial charge >= 0.3 is 0 Å². The topological polar surface area (TPSA) is 78.4 Å². The monoisotopic (exact) mass is 476 g/mol. The third-order valence-corrected chi connectivity index (χ3v) is 8.81. The molecule has 2 aliphatic rings. The number of carbonyl (C=O) groups is 2. The molecule has 0 radical (unpaired) electrons. The van der Waals surface area contributed by atoms with E-state index in [0.29, 0.717) is 13.0 Å². The van der Waals surface area contributed by atoms with Gasteiger partial charge in [-0.1, -0.05) is 81.4 Å². The highest BCUT2D eigenvalue weighted by atomic mass is 16.3. The van der Waals surface area contributed by atoms with Gasteiger partial charge in [-0.2, -0.15) is 0 Å². The predicted octanol–water partition coefficient (Wildman–Crippen LogP) is 4.49. The average Bonchev–Trinajstić information content (AvgIpc) is 2.85. The molecule has 7 atom stereocenters. The molecule has 2 aromatic carbocycles. The van der Waals surface area contributed by atoms with Crippen molar-refractivity contribution in [3.63, 3.8) is 0 Å². The number of hydrogen-bond acceptors (Lipinski definition) is 3. The van der Waals surface area contributed by atoms with Crippen molar-refractivity contribution in [3.05, 3.63) is 71.8 Å². The number of benzene rings is 2. The van der Waals surface area contributed by atoms with Gasteiger partial charge < -0.3 is 15.7 Å². The number of nitrogens with one attached hydrogen (secondary N) is 2. The van der Waals surface area contributed by atoms with Gasteiger partial charge in [0.25, 0.3) is 0 Å². The van der Waals surface area contributed by atoms with Gasteiger partial charge in [0, 0.05) is 18.5 Å². The van der Waals surface area contributed by atoms with Crippen LogP contribution in [0.25, 0.3) is 0 Å². The Morgan fingerprint density at radius 2 is 1.60 bits per heavy atom. The number of aliphatic hydroxyl groups excluding tert-OH is 1. The van der Waals surface area contributed by atoms with Crippen LogP contribution in [0.1, 0.15) is 57.6 Å². The van der Waals surface area contributed by atoms with Crippen LogP contribution < -0.4 is 10.6 Å². The summed E-state index contributed by atoms with van der Waals surface area (Å²) in [6, 6.07) is 19.7. The van der Waals surface area contributed by atoms with Crippen molar-refractivity contribution in [1.29, 1.82) is 0 Å². The summed E-state index contributed by atoms with van der Waals surface area (Å²) in [7, 11) is 0. The van der Waals surface area contributed by atoms with Crippen LogP contribution >= 0.6 is 0 Å². The van der Waals surface area contributed by atoms with E-state index in [1.165, 1.54) is 0 Å². The number of amides is 2. The molecule has 0 aromatic heterocycles. The highest BCUT2D eigenvalue weighted by Crippen LogP contribution is 2.55. The fourth-order valence-electron chi connectivity index (χ4n) is 6.68. The van der Waals surface area contributed by atoms with Crippen LogP contribution in [0.2, 0.25) is 0 Å². The number of hydrogen-bond donors (Lipinski definition) is 3. The van der Waals surface area contributed by atoms with Crippen LogP contribution in [0.5, 0.6) is 0 Å². The molecular formula is C30H40N2O3.